The van der Waals surface area contributed by atoms with Gasteiger partial charge in [-0.3, -0.25) is 0 Å². The highest BCUT2D eigenvalue weighted by Gasteiger charge is 2.45. The van der Waals surface area contributed by atoms with Crippen LogP contribution in [0.15, 0.2) is 153 Å². The van der Waals surface area contributed by atoms with Crippen molar-refractivity contribution in [1.29, 1.82) is 5.41 Å². The van der Waals surface area contributed by atoms with Gasteiger partial charge in [0.05, 0.1) is 11.6 Å². The molecule has 2 aliphatic carbocycles. The van der Waals surface area contributed by atoms with E-state index in [1.54, 1.807) is 0 Å². The molecule has 5 nitrogen and oxygen atoms in total. The summed E-state index contributed by atoms with van der Waals surface area (Å²) in [6.07, 6.45) is 23.0. The number of allylic oxidation sites excluding steroid dienone is 11. The molecular formula is C46H46N2O3. The van der Waals surface area contributed by atoms with Gasteiger partial charge in [0.2, 0.25) is 0 Å². The Bertz CT molecular complexity index is 2300. The summed E-state index contributed by atoms with van der Waals surface area (Å²) in [4.78, 5) is 0. The van der Waals surface area contributed by atoms with Crippen molar-refractivity contribution in [3.63, 3.8) is 0 Å². The summed E-state index contributed by atoms with van der Waals surface area (Å²) >= 11 is 0. The summed E-state index contributed by atoms with van der Waals surface area (Å²) in [5, 5.41) is 12.9. The normalized spacial score (nSPS) is 20.0. The molecule has 51 heavy (non-hydrogen) atoms. The fourth-order valence-corrected chi connectivity index (χ4v) is 7.74. The molecule has 0 aliphatic heterocycles. The second-order valence-electron chi connectivity index (χ2n) is 13.4. The van der Waals surface area contributed by atoms with Gasteiger partial charge in [0.25, 0.3) is 0 Å². The molecule has 0 saturated carbocycles. The highest BCUT2D eigenvalue weighted by Crippen LogP contribution is 2.53. The minimum Gasteiger partial charge on any atom is -0.462 e. The Labute approximate surface area is 300 Å². The molecule has 0 bridgehead atoms. The van der Waals surface area contributed by atoms with Gasteiger partial charge in [-0.05, 0) is 85.4 Å². The molecule has 2 heterocycles. The summed E-state index contributed by atoms with van der Waals surface area (Å²) in [6, 6.07) is 22.5. The molecule has 0 fully saturated rings. The van der Waals surface area contributed by atoms with Gasteiger partial charge in [0.1, 0.15) is 28.3 Å². The molecule has 258 valence electrons. The summed E-state index contributed by atoms with van der Waals surface area (Å²) < 4.78 is 18.9. The second kappa shape index (κ2) is 15.1. The van der Waals surface area contributed by atoms with E-state index in [0.29, 0.717) is 17.4 Å². The lowest BCUT2D eigenvalue weighted by Gasteiger charge is -2.44. The van der Waals surface area contributed by atoms with Gasteiger partial charge in [-0.25, -0.2) is 0 Å². The molecule has 2 aliphatic rings. The van der Waals surface area contributed by atoms with Crippen LogP contribution in [0.2, 0.25) is 0 Å². The average molecular weight is 675 g/mol. The van der Waals surface area contributed by atoms with Crippen LogP contribution in [-0.4, -0.2) is 5.71 Å². The Morgan fingerprint density at radius 1 is 0.902 bits per heavy atom. The van der Waals surface area contributed by atoms with E-state index in [1.165, 1.54) is 5.57 Å². The molecule has 0 spiro atoms. The number of anilines is 1. The van der Waals surface area contributed by atoms with Gasteiger partial charge in [-0.15, -0.1) is 0 Å². The Morgan fingerprint density at radius 3 is 2.47 bits per heavy atom. The maximum atomic E-state index is 9.68. The van der Waals surface area contributed by atoms with Crippen molar-refractivity contribution in [2.45, 2.75) is 58.8 Å². The van der Waals surface area contributed by atoms with E-state index in [-0.39, 0.29) is 11.8 Å². The summed E-state index contributed by atoms with van der Waals surface area (Å²) in [6.45, 7) is 8.57. The maximum absolute atomic E-state index is 9.68. The predicted octanol–water partition coefficient (Wildman–Crippen LogP) is 12.6. The van der Waals surface area contributed by atoms with Crippen molar-refractivity contribution in [3.8, 4) is 0 Å². The minimum absolute atomic E-state index is 0.0728. The first-order valence-electron chi connectivity index (χ1n) is 18.3. The first-order valence-corrected chi connectivity index (χ1v) is 18.3. The zero-order valence-electron chi connectivity index (χ0n) is 29.6. The molecule has 2 aromatic heterocycles. The van der Waals surface area contributed by atoms with Gasteiger partial charge in [-0.1, -0.05) is 118 Å². The molecule has 1 unspecified atom stereocenters. The molecule has 5 heteroatoms. The van der Waals surface area contributed by atoms with Crippen molar-refractivity contribution in [3.05, 3.63) is 156 Å². The highest BCUT2D eigenvalue weighted by atomic mass is 16.5. The van der Waals surface area contributed by atoms with Gasteiger partial charge < -0.3 is 24.7 Å². The number of hydrogen-bond acceptors (Lipinski definition) is 5. The molecule has 0 saturated heterocycles. The van der Waals surface area contributed by atoms with Crippen LogP contribution in [0, 0.1) is 17.2 Å². The van der Waals surface area contributed by atoms with Crippen molar-refractivity contribution >= 4 is 50.1 Å². The second-order valence-corrected chi connectivity index (χ2v) is 13.4. The lowest BCUT2D eigenvalue weighted by atomic mass is 9.63. The molecule has 2 atom stereocenters. The molecule has 7 rings (SSSR count). The van der Waals surface area contributed by atoms with E-state index in [9.17, 15) is 5.41 Å². The highest BCUT2D eigenvalue weighted by molar-refractivity contribution is 6.16. The molecule has 5 aromatic rings. The fraction of sp³-hybridized carbons (Fsp3) is 0.239. The molecular weight excluding hydrogens is 629 g/mol. The van der Waals surface area contributed by atoms with Crippen LogP contribution in [0.3, 0.4) is 0 Å². The zero-order valence-corrected chi connectivity index (χ0v) is 29.6. The van der Waals surface area contributed by atoms with Crippen molar-refractivity contribution < 1.29 is 13.6 Å². The van der Waals surface area contributed by atoms with E-state index in [0.717, 1.165) is 106 Å². The molecule has 0 amide bonds. The number of ether oxygens (including phenoxy) is 1. The molecule has 3 aromatic carbocycles. The largest absolute Gasteiger partial charge is 0.462 e. The van der Waals surface area contributed by atoms with Crippen LogP contribution in [0.1, 0.15) is 63.5 Å². The first-order chi connectivity index (χ1) is 25.0. The van der Waals surface area contributed by atoms with Crippen LogP contribution < -0.4 is 5.73 Å². The summed E-state index contributed by atoms with van der Waals surface area (Å²) in [7, 11) is 0. The van der Waals surface area contributed by atoms with Gasteiger partial charge in [0.15, 0.2) is 5.88 Å². The van der Waals surface area contributed by atoms with Crippen LogP contribution in [0.5, 0.6) is 0 Å². The SMILES string of the molecule is C=C(/C=C\CC)OC1=C(CCC)C2CC/C=C\C(c3cccc4c3oc3ccccc34)=C(\C(=N)/C=C/C=C/CCc3c(N)oc4ccccc34)[C@@H]12. The monoisotopic (exact) mass is 674 g/mol. The Morgan fingerprint density at radius 2 is 1.67 bits per heavy atom. The van der Waals surface area contributed by atoms with E-state index >= 15 is 0 Å². The number of fused-ring (bicyclic) bond motifs is 5. The van der Waals surface area contributed by atoms with Gasteiger partial charge in [-0.2, -0.15) is 0 Å². The van der Waals surface area contributed by atoms with Crippen LogP contribution in [0.4, 0.5) is 5.88 Å². The van der Waals surface area contributed by atoms with E-state index in [4.69, 9.17) is 19.3 Å². The molecule has 0 radical (unpaired) electrons. The van der Waals surface area contributed by atoms with Crippen LogP contribution >= 0.6 is 0 Å². The summed E-state index contributed by atoms with van der Waals surface area (Å²) in [5.41, 5.74) is 14.5. The third-order valence-corrected chi connectivity index (χ3v) is 10.1. The number of aryl methyl sites for hydroxylation is 1. The van der Waals surface area contributed by atoms with Gasteiger partial charge >= 0.3 is 0 Å². The Kier molecular flexibility index (Phi) is 10.1. The van der Waals surface area contributed by atoms with Crippen molar-refractivity contribution in [1.82, 2.24) is 0 Å². The smallest absolute Gasteiger partial charge is 0.194 e. The predicted molar refractivity (Wildman–Crippen MR) is 213 cm³/mol. The number of hydrogen-bond donors (Lipinski definition) is 2. The zero-order chi connectivity index (χ0) is 35.3. The van der Waals surface area contributed by atoms with E-state index < -0.39 is 0 Å². The fourth-order valence-electron chi connectivity index (χ4n) is 7.74. The number of benzene rings is 3. The third-order valence-electron chi connectivity index (χ3n) is 10.1. The minimum atomic E-state index is -0.0728. The lowest BCUT2D eigenvalue weighted by Crippen LogP contribution is -2.36. The van der Waals surface area contributed by atoms with Crippen LogP contribution in [0.25, 0.3) is 38.5 Å². The lowest BCUT2D eigenvalue weighted by molar-refractivity contribution is 0.193. The number of rotatable bonds is 13. The summed E-state index contributed by atoms with van der Waals surface area (Å²) in [5.74, 6) is 2.27. The number of nitrogen functional groups attached to an aromatic ring is 1. The van der Waals surface area contributed by atoms with E-state index in [1.807, 2.05) is 60.7 Å². The van der Waals surface area contributed by atoms with Crippen LogP contribution in [-0.2, 0) is 11.2 Å². The molecule has 3 N–H and O–H groups in total. The van der Waals surface area contributed by atoms with E-state index in [2.05, 4.69) is 75.1 Å². The Hall–Kier alpha value is -5.55. The van der Waals surface area contributed by atoms with Crippen molar-refractivity contribution in [2.24, 2.45) is 11.8 Å². The number of para-hydroxylation sites is 3. The first kappa shape index (κ1) is 33.9. The average Bonchev–Trinajstić information content (AvgIpc) is 3.67. The van der Waals surface area contributed by atoms with Crippen molar-refractivity contribution in [2.75, 3.05) is 5.73 Å². The maximum Gasteiger partial charge on any atom is 0.194 e. The standard InChI is InChI=1S/C46H46N2O3/c1-4-6-19-30(3)49-45-35(18-5-2)34-23-12-11-22-33(37-26-17-25-36-31-20-13-15-28-40(31)50-44(36)37)42(43(34)45)39(47)27-10-8-7-9-24-38-32-21-14-16-29-41(32)51-46(38)48/h6-8,10-11,13-17,19-22,25-29,34,43,47H,3-5,9,12,18,23-24,48H2,1-2H3/b8-7+,19-6-,22-11-,27-10+,42-33+,47-39?/t34?,43-/m0/s1. The number of nitrogens with one attached hydrogen (secondary N) is 1. The number of nitrogens with two attached hydrogens (primary N) is 1. The topological polar surface area (TPSA) is 85.4 Å². The number of furan rings is 2. The van der Waals surface area contributed by atoms with Gasteiger partial charge in [0, 0.05) is 27.3 Å². The quantitative estimate of drug-likeness (QED) is 0.0739. The third kappa shape index (κ3) is 6.69. The Balaban J connectivity index is 1.27.